The summed E-state index contributed by atoms with van der Waals surface area (Å²) in [6.45, 7) is 0. The largest absolute Gasteiger partial charge is 0.323 e. The second kappa shape index (κ2) is 2.70. The fourth-order valence-corrected chi connectivity index (χ4v) is 1.15. The van der Waals surface area contributed by atoms with E-state index in [1.165, 1.54) is 4.79 Å². The SMILES string of the molecule is Nn1nccc1-c1ccccc1. The molecule has 2 rings (SSSR count). The van der Waals surface area contributed by atoms with Crippen LogP contribution in [0.3, 0.4) is 0 Å². The standard InChI is InChI=1S/C9H9N3/c10-12-9(6-7-11-12)8-4-2-1-3-5-8/h1-7H,10H2. The Morgan fingerprint density at radius 2 is 1.83 bits per heavy atom. The van der Waals surface area contributed by atoms with Crippen LogP contribution in [-0.2, 0) is 0 Å². The molecule has 3 nitrogen and oxygen atoms in total. The zero-order chi connectivity index (χ0) is 8.39. The van der Waals surface area contributed by atoms with Crippen molar-refractivity contribution < 1.29 is 0 Å². The molecule has 2 N–H and O–H groups in total. The van der Waals surface area contributed by atoms with Crippen LogP contribution in [0.1, 0.15) is 0 Å². The first-order valence-electron chi connectivity index (χ1n) is 3.72. The van der Waals surface area contributed by atoms with E-state index in [0.717, 1.165) is 11.3 Å². The lowest BCUT2D eigenvalue weighted by Crippen LogP contribution is -2.10. The van der Waals surface area contributed by atoms with Gasteiger partial charge in [0, 0.05) is 5.56 Å². The molecule has 0 atom stereocenters. The topological polar surface area (TPSA) is 43.8 Å². The second-order valence-electron chi connectivity index (χ2n) is 2.53. The molecule has 0 saturated heterocycles. The monoisotopic (exact) mass is 159 g/mol. The maximum atomic E-state index is 5.58. The van der Waals surface area contributed by atoms with E-state index in [0.29, 0.717) is 0 Å². The van der Waals surface area contributed by atoms with Gasteiger partial charge in [0.2, 0.25) is 0 Å². The predicted octanol–water partition coefficient (Wildman–Crippen LogP) is 1.26. The third-order valence-electron chi connectivity index (χ3n) is 1.74. The van der Waals surface area contributed by atoms with Crippen LogP contribution in [0.4, 0.5) is 0 Å². The molecule has 0 aliphatic heterocycles. The highest BCUT2D eigenvalue weighted by atomic mass is 15.5. The molecule has 2 aromatic rings. The molecule has 1 aromatic carbocycles. The van der Waals surface area contributed by atoms with Gasteiger partial charge >= 0.3 is 0 Å². The van der Waals surface area contributed by atoms with E-state index in [9.17, 15) is 0 Å². The van der Waals surface area contributed by atoms with Gasteiger partial charge in [0.15, 0.2) is 0 Å². The third-order valence-corrected chi connectivity index (χ3v) is 1.74. The Morgan fingerprint density at radius 3 is 2.42 bits per heavy atom. The van der Waals surface area contributed by atoms with Crippen molar-refractivity contribution in [2.24, 2.45) is 0 Å². The molecule has 0 unspecified atom stereocenters. The molecule has 0 bridgehead atoms. The summed E-state index contributed by atoms with van der Waals surface area (Å²) in [6, 6.07) is 11.8. The average Bonchev–Trinajstić information content (AvgIpc) is 2.53. The third kappa shape index (κ3) is 1.05. The number of nitrogens with two attached hydrogens (primary N) is 1. The van der Waals surface area contributed by atoms with Gasteiger partial charge in [0.05, 0.1) is 11.9 Å². The minimum absolute atomic E-state index is 0.926. The Bertz CT molecular complexity index is 364. The fourth-order valence-electron chi connectivity index (χ4n) is 1.15. The number of nitrogen functional groups attached to an aromatic ring is 1. The van der Waals surface area contributed by atoms with Crippen LogP contribution in [0, 0.1) is 0 Å². The first-order chi connectivity index (χ1) is 5.88. The second-order valence-corrected chi connectivity index (χ2v) is 2.53. The highest BCUT2D eigenvalue weighted by Crippen LogP contribution is 2.15. The number of aromatic nitrogens is 2. The summed E-state index contributed by atoms with van der Waals surface area (Å²) in [5, 5.41) is 3.89. The van der Waals surface area contributed by atoms with Gasteiger partial charge in [-0.25, -0.2) is 0 Å². The molecule has 0 amide bonds. The predicted molar refractivity (Wildman–Crippen MR) is 47.8 cm³/mol. The molecular formula is C9H9N3. The van der Waals surface area contributed by atoms with E-state index in [2.05, 4.69) is 5.10 Å². The minimum Gasteiger partial charge on any atom is -0.323 e. The zero-order valence-electron chi connectivity index (χ0n) is 6.51. The lowest BCUT2D eigenvalue weighted by atomic mass is 10.2. The van der Waals surface area contributed by atoms with Crippen LogP contribution in [-0.4, -0.2) is 9.89 Å². The van der Waals surface area contributed by atoms with Gasteiger partial charge in [-0.1, -0.05) is 30.3 Å². The number of hydrogen-bond acceptors (Lipinski definition) is 2. The summed E-state index contributed by atoms with van der Waals surface area (Å²) >= 11 is 0. The smallest absolute Gasteiger partial charge is 0.0915 e. The van der Waals surface area contributed by atoms with Crippen molar-refractivity contribution in [3.05, 3.63) is 42.6 Å². The summed E-state index contributed by atoms with van der Waals surface area (Å²) in [6.07, 6.45) is 1.68. The van der Waals surface area contributed by atoms with Crippen molar-refractivity contribution in [3.63, 3.8) is 0 Å². The molecule has 1 heterocycles. The summed E-state index contributed by atoms with van der Waals surface area (Å²) < 4.78 is 0. The summed E-state index contributed by atoms with van der Waals surface area (Å²) in [5.74, 6) is 5.58. The Kier molecular flexibility index (Phi) is 1.55. The van der Waals surface area contributed by atoms with Gasteiger partial charge in [-0.2, -0.15) is 9.89 Å². The first-order valence-corrected chi connectivity index (χ1v) is 3.72. The van der Waals surface area contributed by atoms with Gasteiger partial charge in [-0.3, -0.25) is 0 Å². The lowest BCUT2D eigenvalue weighted by Gasteiger charge is -1.99. The van der Waals surface area contributed by atoms with Crippen LogP contribution in [0.2, 0.25) is 0 Å². The quantitative estimate of drug-likeness (QED) is 0.636. The van der Waals surface area contributed by atoms with Gasteiger partial charge in [0.1, 0.15) is 0 Å². The molecule has 0 radical (unpaired) electrons. The van der Waals surface area contributed by atoms with Gasteiger partial charge in [-0.15, -0.1) is 0 Å². The van der Waals surface area contributed by atoms with E-state index >= 15 is 0 Å². The van der Waals surface area contributed by atoms with E-state index in [4.69, 9.17) is 5.84 Å². The molecular weight excluding hydrogens is 150 g/mol. The van der Waals surface area contributed by atoms with Gasteiger partial charge in [0.25, 0.3) is 0 Å². The van der Waals surface area contributed by atoms with Crippen molar-refractivity contribution in [2.75, 3.05) is 5.84 Å². The van der Waals surface area contributed by atoms with Crippen LogP contribution >= 0.6 is 0 Å². The summed E-state index contributed by atoms with van der Waals surface area (Å²) in [7, 11) is 0. The Balaban J connectivity index is 2.51. The summed E-state index contributed by atoms with van der Waals surface area (Å²) in [4.78, 5) is 1.37. The van der Waals surface area contributed by atoms with E-state index in [1.807, 2.05) is 36.4 Å². The number of benzene rings is 1. The molecule has 1 aromatic heterocycles. The van der Waals surface area contributed by atoms with Crippen molar-refractivity contribution in [3.8, 4) is 11.3 Å². The minimum atomic E-state index is 0.926. The number of rotatable bonds is 1. The number of nitrogens with zero attached hydrogens (tertiary/aromatic N) is 2. The molecule has 0 fully saturated rings. The average molecular weight is 159 g/mol. The zero-order valence-corrected chi connectivity index (χ0v) is 6.51. The van der Waals surface area contributed by atoms with E-state index in [-0.39, 0.29) is 0 Å². The van der Waals surface area contributed by atoms with Gasteiger partial charge in [-0.05, 0) is 6.07 Å². The van der Waals surface area contributed by atoms with E-state index < -0.39 is 0 Å². The number of hydrogen-bond donors (Lipinski definition) is 1. The van der Waals surface area contributed by atoms with Crippen LogP contribution in [0.25, 0.3) is 11.3 Å². The maximum Gasteiger partial charge on any atom is 0.0915 e. The fraction of sp³-hybridized carbons (Fsp3) is 0. The van der Waals surface area contributed by atoms with Crippen LogP contribution in [0.15, 0.2) is 42.6 Å². The Labute approximate surface area is 70.4 Å². The van der Waals surface area contributed by atoms with E-state index in [1.54, 1.807) is 6.20 Å². The molecule has 0 saturated carbocycles. The van der Waals surface area contributed by atoms with Crippen molar-refractivity contribution in [1.82, 2.24) is 9.89 Å². The van der Waals surface area contributed by atoms with Crippen molar-refractivity contribution in [2.45, 2.75) is 0 Å². The normalized spacial score (nSPS) is 10.0. The maximum absolute atomic E-state index is 5.58. The van der Waals surface area contributed by atoms with Crippen molar-refractivity contribution in [1.29, 1.82) is 0 Å². The molecule has 0 aliphatic carbocycles. The van der Waals surface area contributed by atoms with Crippen LogP contribution < -0.4 is 5.84 Å². The van der Waals surface area contributed by atoms with Crippen molar-refractivity contribution >= 4 is 0 Å². The molecule has 60 valence electrons. The molecule has 12 heavy (non-hydrogen) atoms. The van der Waals surface area contributed by atoms with Crippen LogP contribution in [0.5, 0.6) is 0 Å². The Morgan fingerprint density at radius 1 is 1.08 bits per heavy atom. The summed E-state index contributed by atoms with van der Waals surface area (Å²) in [5.41, 5.74) is 2.01. The molecule has 0 aliphatic rings. The molecule has 3 heteroatoms. The molecule has 0 spiro atoms. The first kappa shape index (κ1) is 6.91. The highest BCUT2D eigenvalue weighted by molar-refractivity contribution is 5.58. The Hall–Kier alpha value is -1.77. The lowest BCUT2D eigenvalue weighted by molar-refractivity contribution is 0.840. The van der Waals surface area contributed by atoms with Gasteiger partial charge < -0.3 is 5.84 Å². The highest BCUT2D eigenvalue weighted by Gasteiger charge is 1.99.